The standard InChI is InChI=1S/C15H25N3O/c1-4-5-6-9-18(11(2)3)12-7-8-14(16)13(10-12)15(17)19/h7-8,10-11H,4-6,9,16H2,1-3H3,(H2,17,19). The summed E-state index contributed by atoms with van der Waals surface area (Å²) < 4.78 is 0. The second-order valence-electron chi connectivity index (χ2n) is 5.13. The summed E-state index contributed by atoms with van der Waals surface area (Å²) in [5.74, 6) is -0.475. The Kier molecular flexibility index (Phi) is 5.67. The molecule has 0 saturated heterocycles. The van der Waals surface area contributed by atoms with Crippen molar-refractivity contribution in [1.29, 1.82) is 0 Å². The Balaban J connectivity index is 2.96. The third-order valence-corrected chi connectivity index (χ3v) is 3.26. The van der Waals surface area contributed by atoms with E-state index >= 15 is 0 Å². The maximum Gasteiger partial charge on any atom is 0.250 e. The van der Waals surface area contributed by atoms with Crippen LogP contribution in [0.3, 0.4) is 0 Å². The third kappa shape index (κ3) is 4.16. The highest BCUT2D eigenvalue weighted by atomic mass is 16.1. The molecule has 0 fully saturated rings. The molecule has 1 aromatic carbocycles. The van der Waals surface area contributed by atoms with E-state index in [1.54, 1.807) is 12.1 Å². The summed E-state index contributed by atoms with van der Waals surface area (Å²) in [5, 5.41) is 0. The Hall–Kier alpha value is -1.71. The number of unbranched alkanes of at least 4 members (excludes halogenated alkanes) is 2. The quantitative estimate of drug-likeness (QED) is 0.587. The first kappa shape index (κ1) is 15.3. The number of benzene rings is 1. The van der Waals surface area contributed by atoms with E-state index in [0.717, 1.165) is 18.7 Å². The Morgan fingerprint density at radius 3 is 2.53 bits per heavy atom. The van der Waals surface area contributed by atoms with Gasteiger partial charge < -0.3 is 16.4 Å². The average Bonchev–Trinajstić information content (AvgIpc) is 2.35. The normalized spacial score (nSPS) is 10.7. The van der Waals surface area contributed by atoms with Gasteiger partial charge >= 0.3 is 0 Å². The molecule has 1 rings (SSSR count). The van der Waals surface area contributed by atoms with Crippen LogP contribution in [0.1, 0.15) is 50.4 Å². The topological polar surface area (TPSA) is 72.3 Å². The van der Waals surface area contributed by atoms with Gasteiger partial charge in [-0.1, -0.05) is 19.8 Å². The van der Waals surface area contributed by atoms with E-state index in [2.05, 4.69) is 25.7 Å². The van der Waals surface area contributed by atoms with Crippen molar-refractivity contribution in [3.05, 3.63) is 23.8 Å². The van der Waals surface area contributed by atoms with E-state index in [9.17, 15) is 4.79 Å². The lowest BCUT2D eigenvalue weighted by Gasteiger charge is -2.29. The van der Waals surface area contributed by atoms with Crippen molar-refractivity contribution >= 4 is 17.3 Å². The minimum absolute atomic E-state index is 0.376. The molecule has 1 amide bonds. The molecule has 1 aromatic rings. The maximum atomic E-state index is 11.4. The number of rotatable bonds is 7. The highest BCUT2D eigenvalue weighted by Gasteiger charge is 2.13. The van der Waals surface area contributed by atoms with Crippen LogP contribution in [0.2, 0.25) is 0 Å². The molecule has 0 aliphatic carbocycles. The van der Waals surface area contributed by atoms with Crippen molar-refractivity contribution in [2.45, 2.75) is 46.1 Å². The third-order valence-electron chi connectivity index (χ3n) is 3.26. The molecule has 19 heavy (non-hydrogen) atoms. The fourth-order valence-electron chi connectivity index (χ4n) is 2.15. The number of nitrogens with zero attached hydrogens (tertiary/aromatic N) is 1. The van der Waals surface area contributed by atoms with Crippen LogP contribution >= 0.6 is 0 Å². The molecule has 4 nitrogen and oxygen atoms in total. The van der Waals surface area contributed by atoms with Crippen LogP contribution in [-0.4, -0.2) is 18.5 Å². The van der Waals surface area contributed by atoms with Crippen LogP contribution < -0.4 is 16.4 Å². The Bertz CT molecular complexity index is 429. The first-order valence-electron chi connectivity index (χ1n) is 6.93. The largest absolute Gasteiger partial charge is 0.398 e. The lowest BCUT2D eigenvalue weighted by Crippen LogP contribution is -2.32. The Morgan fingerprint density at radius 2 is 2.00 bits per heavy atom. The molecule has 0 aliphatic rings. The number of hydrogen-bond donors (Lipinski definition) is 2. The number of primary amides is 1. The van der Waals surface area contributed by atoms with Crippen molar-refractivity contribution in [3.8, 4) is 0 Å². The van der Waals surface area contributed by atoms with E-state index in [1.807, 2.05) is 6.07 Å². The number of carbonyl (C=O) groups excluding carboxylic acids is 1. The van der Waals surface area contributed by atoms with Gasteiger partial charge in [-0.15, -0.1) is 0 Å². The molecule has 0 aromatic heterocycles. The highest BCUT2D eigenvalue weighted by molar-refractivity contribution is 5.99. The van der Waals surface area contributed by atoms with Gasteiger partial charge in [0.1, 0.15) is 0 Å². The van der Waals surface area contributed by atoms with Crippen molar-refractivity contribution in [2.24, 2.45) is 5.73 Å². The highest BCUT2D eigenvalue weighted by Crippen LogP contribution is 2.23. The number of nitrogen functional groups attached to an aromatic ring is 1. The van der Waals surface area contributed by atoms with Gasteiger partial charge in [0, 0.05) is 24.0 Å². The summed E-state index contributed by atoms with van der Waals surface area (Å²) in [6.45, 7) is 7.46. The fourth-order valence-corrected chi connectivity index (χ4v) is 2.15. The van der Waals surface area contributed by atoms with Crippen LogP contribution in [0.15, 0.2) is 18.2 Å². The van der Waals surface area contributed by atoms with Gasteiger partial charge in [0.05, 0.1) is 5.56 Å². The first-order valence-corrected chi connectivity index (χ1v) is 6.93. The zero-order chi connectivity index (χ0) is 14.4. The van der Waals surface area contributed by atoms with Gasteiger partial charge in [-0.2, -0.15) is 0 Å². The zero-order valence-corrected chi connectivity index (χ0v) is 12.1. The zero-order valence-electron chi connectivity index (χ0n) is 12.1. The summed E-state index contributed by atoms with van der Waals surface area (Å²) in [7, 11) is 0. The molecule has 4 heteroatoms. The van der Waals surface area contributed by atoms with E-state index in [0.29, 0.717) is 17.3 Å². The molecular weight excluding hydrogens is 238 g/mol. The minimum Gasteiger partial charge on any atom is -0.398 e. The molecular formula is C15H25N3O. The minimum atomic E-state index is -0.475. The molecule has 0 atom stereocenters. The smallest absolute Gasteiger partial charge is 0.250 e. The second-order valence-corrected chi connectivity index (χ2v) is 5.13. The van der Waals surface area contributed by atoms with E-state index in [1.165, 1.54) is 12.8 Å². The number of carbonyl (C=O) groups is 1. The van der Waals surface area contributed by atoms with Crippen molar-refractivity contribution in [1.82, 2.24) is 0 Å². The molecule has 106 valence electrons. The molecule has 4 N–H and O–H groups in total. The van der Waals surface area contributed by atoms with Gasteiger partial charge in [0.25, 0.3) is 5.91 Å². The predicted octanol–water partition coefficient (Wildman–Crippen LogP) is 2.77. The van der Waals surface area contributed by atoms with Gasteiger partial charge in [-0.25, -0.2) is 0 Å². The lowest BCUT2D eigenvalue weighted by atomic mass is 10.1. The second kappa shape index (κ2) is 7.02. The molecule has 0 aliphatic heterocycles. The van der Waals surface area contributed by atoms with Crippen LogP contribution in [-0.2, 0) is 0 Å². The van der Waals surface area contributed by atoms with E-state index < -0.39 is 5.91 Å². The number of nitrogens with two attached hydrogens (primary N) is 2. The number of hydrogen-bond acceptors (Lipinski definition) is 3. The lowest BCUT2D eigenvalue weighted by molar-refractivity contribution is 0.100. The summed E-state index contributed by atoms with van der Waals surface area (Å²) in [6.07, 6.45) is 3.55. The summed E-state index contributed by atoms with van der Waals surface area (Å²) in [5.41, 5.74) is 13.0. The summed E-state index contributed by atoms with van der Waals surface area (Å²) in [6, 6.07) is 5.88. The molecule has 0 radical (unpaired) electrons. The SMILES string of the molecule is CCCCCN(c1ccc(N)c(C(N)=O)c1)C(C)C. The van der Waals surface area contributed by atoms with Crippen LogP contribution in [0, 0.1) is 0 Å². The van der Waals surface area contributed by atoms with Gasteiger partial charge in [0.2, 0.25) is 0 Å². The van der Waals surface area contributed by atoms with Crippen molar-refractivity contribution in [2.75, 3.05) is 17.2 Å². The summed E-state index contributed by atoms with van der Waals surface area (Å²) in [4.78, 5) is 13.6. The van der Waals surface area contributed by atoms with Crippen LogP contribution in [0.25, 0.3) is 0 Å². The van der Waals surface area contributed by atoms with E-state index in [-0.39, 0.29) is 0 Å². The monoisotopic (exact) mass is 263 g/mol. The number of amides is 1. The number of anilines is 2. The van der Waals surface area contributed by atoms with Crippen molar-refractivity contribution < 1.29 is 4.79 Å². The fraction of sp³-hybridized carbons (Fsp3) is 0.533. The van der Waals surface area contributed by atoms with Crippen LogP contribution in [0.4, 0.5) is 11.4 Å². The molecule has 0 bridgehead atoms. The van der Waals surface area contributed by atoms with Gasteiger partial charge in [0.15, 0.2) is 0 Å². The van der Waals surface area contributed by atoms with Gasteiger partial charge in [-0.3, -0.25) is 4.79 Å². The maximum absolute atomic E-state index is 11.4. The molecule has 0 saturated carbocycles. The average molecular weight is 263 g/mol. The van der Waals surface area contributed by atoms with Gasteiger partial charge in [-0.05, 0) is 38.5 Å². The van der Waals surface area contributed by atoms with Crippen molar-refractivity contribution in [3.63, 3.8) is 0 Å². The summed E-state index contributed by atoms with van der Waals surface area (Å²) >= 11 is 0. The van der Waals surface area contributed by atoms with Crippen LogP contribution in [0.5, 0.6) is 0 Å². The molecule has 0 spiro atoms. The van der Waals surface area contributed by atoms with E-state index in [4.69, 9.17) is 11.5 Å². The molecule has 0 heterocycles. The predicted molar refractivity (Wildman–Crippen MR) is 81.4 cm³/mol. The molecule has 0 unspecified atom stereocenters. The first-order chi connectivity index (χ1) is 8.97. The Labute approximate surface area is 115 Å². The Morgan fingerprint density at radius 1 is 1.32 bits per heavy atom.